The fourth-order valence-corrected chi connectivity index (χ4v) is 2.28. The molecule has 0 bridgehead atoms. The van der Waals surface area contributed by atoms with Crippen LogP contribution in [0.4, 0.5) is 10.1 Å². The molecule has 0 saturated carbocycles. The summed E-state index contributed by atoms with van der Waals surface area (Å²) in [6, 6.07) is 12.6. The van der Waals surface area contributed by atoms with E-state index in [1.165, 1.54) is 12.1 Å². The first kappa shape index (κ1) is 11.5. The van der Waals surface area contributed by atoms with Gasteiger partial charge < -0.3 is 10.1 Å². The largest absolute Gasteiger partial charge is 0.489 e. The molecule has 1 aliphatic heterocycles. The number of fused-ring (bicyclic) bond motifs is 1. The standard InChI is InChI=1S/C14H11BrFNO/c15-10-3-1-9(2-4-10)13-8-18-14-6-5-11(16)7-12(14)17-13/h1-7,13,17H,8H2. The third-order valence-electron chi connectivity index (χ3n) is 2.95. The van der Waals surface area contributed by atoms with Crippen molar-refractivity contribution >= 4 is 21.6 Å². The first-order valence-electron chi connectivity index (χ1n) is 5.67. The molecule has 1 atom stereocenters. The van der Waals surface area contributed by atoms with Crippen molar-refractivity contribution in [3.8, 4) is 5.75 Å². The van der Waals surface area contributed by atoms with Crippen LogP contribution >= 0.6 is 15.9 Å². The number of nitrogens with one attached hydrogen (secondary N) is 1. The molecule has 0 fully saturated rings. The Morgan fingerprint density at radius 3 is 2.72 bits per heavy atom. The molecule has 2 aromatic rings. The van der Waals surface area contributed by atoms with Gasteiger partial charge in [-0.15, -0.1) is 0 Å². The molecule has 0 saturated heterocycles. The van der Waals surface area contributed by atoms with E-state index in [4.69, 9.17) is 4.74 Å². The number of benzene rings is 2. The summed E-state index contributed by atoms with van der Waals surface area (Å²) in [4.78, 5) is 0. The van der Waals surface area contributed by atoms with Crippen molar-refractivity contribution < 1.29 is 9.13 Å². The molecule has 0 spiro atoms. The van der Waals surface area contributed by atoms with Crippen LogP contribution in [0.15, 0.2) is 46.9 Å². The fraction of sp³-hybridized carbons (Fsp3) is 0.143. The van der Waals surface area contributed by atoms with Gasteiger partial charge in [-0.2, -0.15) is 0 Å². The number of ether oxygens (including phenoxy) is 1. The summed E-state index contributed by atoms with van der Waals surface area (Å²) in [6.07, 6.45) is 0. The van der Waals surface area contributed by atoms with Gasteiger partial charge in [0.1, 0.15) is 18.2 Å². The lowest BCUT2D eigenvalue weighted by Gasteiger charge is -2.27. The molecule has 1 N–H and O–H groups in total. The maximum absolute atomic E-state index is 13.2. The summed E-state index contributed by atoms with van der Waals surface area (Å²) in [5.74, 6) is 0.436. The van der Waals surface area contributed by atoms with Gasteiger partial charge in [0, 0.05) is 10.5 Å². The van der Waals surface area contributed by atoms with Crippen LogP contribution in [-0.4, -0.2) is 6.61 Å². The quantitative estimate of drug-likeness (QED) is 0.855. The Morgan fingerprint density at radius 1 is 1.17 bits per heavy atom. The fourth-order valence-electron chi connectivity index (χ4n) is 2.02. The van der Waals surface area contributed by atoms with Gasteiger partial charge in [0.2, 0.25) is 0 Å². The average Bonchev–Trinajstić information content (AvgIpc) is 2.38. The number of hydrogen-bond acceptors (Lipinski definition) is 2. The first-order chi connectivity index (χ1) is 8.72. The molecule has 0 radical (unpaired) electrons. The van der Waals surface area contributed by atoms with E-state index < -0.39 is 0 Å². The van der Waals surface area contributed by atoms with Crippen LogP contribution in [0, 0.1) is 5.82 Å². The average molecular weight is 308 g/mol. The minimum absolute atomic E-state index is 0.0485. The molecule has 2 aromatic carbocycles. The third-order valence-corrected chi connectivity index (χ3v) is 3.48. The summed E-state index contributed by atoms with van der Waals surface area (Å²) in [6.45, 7) is 0.542. The Kier molecular flexibility index (Phi) is 2.96. The lowest BCUT2D eigenvalue weighted by molar-refractivity contribution is 0.286. The van der Waals surface area contributed by atoms with Crippen LogP contribution < -0.4 is 10.1 Å². The highest BCUT2D eigenvalue weighted by atomic mass is 79.9. The molecular formula is C14H11BrFNO. The highest BCUT2D eigenvalue weighted by Gasteiger charge is 2.20. The minimum Gasteiger partial charge on any atom is -0.489 e. The van der Waals surface area contributed by atoms with Crippen molar-refractivity contribution in [3.63, 3.8) is 0 Å². The highest BCUT2D eigenvalue weighted by molar-refractivity contribution is 9.10. The predicted molar refractivity (Wildman–Crippen MR) is 72.4 cm³/mol. The van der Waals surface area contributed by atoms with E-state index in [0.717, 1.165) is 10.0 Å². The van der Waals surface area contributed by atoms with Gasteiger partial charge in [0.25, 0.3) is 0 Å². The lowest BCUT2D eigenvalue weighted by atomic mass is 10.1. The zero-order valence-electron chi connectivity index (χ0n) is 9.49. The number of rotatable bonds is 1. The van der Waals surface area contributed by atoms with Crippen LogP contribution in [-0.2, 0) is 0 Å². The molecule has 92 valence electrons. The maximum Gasteiger partial charge on any atom is 0.142 e. The summed E-state index contributed by atoms with van der Waals surface area (Å²) >= 11 is 3.40. The number of halogens is 2. The van der Waals surface area contributed by atoms with E-state index in [-0.39, 0.29) is 11.9 Å². The normalized spacial score (nSPS) is 17.6. The van der Waals surface area contributed by atoms with Gasteiger partial charge in [-0.05, 0) is 29.8 Å². The van der Waals surface area contributed by atoms with E-state index in [9.17, 15) is 4.39 Å². The van der Waals surface area contributed by atoms with E-state index in [0.29, 0.717) is 18.0 Å². The monoisotopic (exact) mass is 307 g/mol. The van der Waals surface area contributed by atoms with Crippen LogP contribution in [0.25, 0.3) is 0 Å². The highest BCUT2D eigenvalue weighted by Crippen LogP contribution is 2.34. The van der Waals surface area contributed by atoms with Gasteiger partial charge >= 0.3 is 0 Å². The Hall–Kier alpha value is -1.55. The Labute approximate surface area is 113 Å². The lowest BCUT2D eigenvalue weighted by Crippen LogP contribution is -2.23. The van der Waals surface area contributed by atoms with Gasteiger partial charge in [-0.3, -0.25) is 0 Å². The molecule has 3 rings (SSSR count). The Bertz CT molecular complexity index is 571. The van der Waals surface area contributed by atoms with Gasteiger partial charge in [0.15, 0.2) is 0 Å². The smallest absolute Gasteiger partial charge is 0.142 e. The third kappa shape index (κ3) is 2.20. The van der Waals surface area contributed by atoms with Crippen molar-refractivity contribution in [2.24, 2.45) is 0 Å². The molecule has 18 heavy (non-hydrogen) atoms. The van der Waals surface area contributed by atoms with E-state index in [1.807, 2.05) is 24.3 Å². The topological polar surface area (TPSA) is 21.3 Å². The minimum atomic E-state index is -0.263. The number of anilines is 1. The molecule has 0 amide bonds. The van der Waals surface area contributed by atoms with Crippen molar-refractivity contribution in [1.29, 1.82) is 0 Å². The van der Waals surface area contributed by atoms with Crippen LogP contribution in [0.1, 0.15) is 11.6 Å². The van der Waals surface area contributed by atoms with E-state index >= 15 is 0 Å². The molecule has 0 aliphatic carbocycles. The van der Waals surface area contributed by atoms with E-state index in [1.54, 1.807) is 6.07 Å². The molecule has 1 aliphatic rings. The van der Waals surface area contributed by atoms with Crippen molar-refractivity contribution in [1.82, 2.24) is 0 Å². The summed E-state index contributed by atoms with van der Waals surface area (Å²) in [7, 11) is 0. The van der Waals surface area contributed by atoms with Crippen LogP contribution in [0.2, 0.25) is 0 Å². The first-order valence-corrected chi connectivity index (χ1v) is 6.46. The molecule has 4 heteroatoms. The second-order valence-corrected chi connectivity index (χ2v) is 5.12. The molecule has 2 nitrogen and oxygen atoms in total. The van der Waals surface area contributed by atoms with Crippen molar-refractivity contribution in [3.05, 3.63) is 58.3 Å². The summed E-state index contributed by atoms with van der Waals surface area (Å²) < 4.78 is 19.8. The van der Waals surface area contributed by atoms with Gasteiger partial charge in [-0.25, -0.2) is 4.39 Å². The van der Waals surface area contributed by atoms with Crippen LogP contribution in [0.5, 0.6) is 5.75 Å². The second-order valence-electron chi connectivity index (χ2n) is 4.20. The molecular weight excluding hydrogens is 297 g/mol. The van der Waals surface area contributed by atoms with Crippen molar-refractivity contribution in [2.75, 3.05) is 11.9 Å². The van der Waals surface area contributed by atoms with E-state index in [2.05, 4.69) is 21.2 Å². The zero-order chi connectivity index (χ0) is 12.5. The second kappa shape index (κ2) is 4.61. The van der Waals surface area contributed by atoms with Crippen molar-refractivity contribution in [2.45, 2.75) is 6.04 Å². The molecule has 1 heterocycles. The molecule has 0 aromatic heterocycles. The summed E-state index contributed by atoms with van der Waals surface area (Å²) in [5, 5.41) is 3.29. The SMILES string of the molecule is Fc1ccc2c(c1)NC(c1ccc(Br)cc1)CO2. The van der Waals surface area contributed by atoms with Gasteiger partial charge in [-0.1, -0.05) is 28.1 Å². The van der Waals surface area contributed by atoms with Gasteiger partial charge in [0.05, 0.1) is 11.7 Å². The molecule has 1 unspecified atom stereocenters. The maximum atomic E-state index is 13.2. The van der Waals surface area contributed by atoms with Crippen LogP contribution in [0.3, 0.4) is 0 Å². The Morgan fingerprint density at radius 2 is 1.94 bits per heavy atom. The zero-order valence-corrected chi connectivity index (χ0v) is 11.1. The predicted octanol–water partition coefficient (Wildman–Crippen LogP) is 4.13. The number of hydrogen-bond donors (Lipinski definition) is 1. The Balaban J connectivity index is 1.88. The summed E-state index contributed by atoms with van der Waals surface area (Å²) in [5.41, 5.74) is 1.82.